The van der Waals surface area contributed by atoms with Crippen molar-refractivity contribution in [3.05, 3.63) is 34.7 Å². The highest BCUT2D eigenvalue weighted by Crippen LogP contribution is 2.33. The summed E-state index contributed by atoms with van der Waals surface area (Å²) in [6.45, 7) is 7.63. The minimum absolute atomic E-state index is 0. The molecule has 148 valence electrons. The van der Waals surface area contributed by atoms with E-state index in [1.807, 2.05) is 36.9 Å². The summed E-state index contributed by atoms with van der Waals surface area (Å²) in [6, 6.07) is 7.52. The lowest BCUT2D eigenvalue weighted by atomic mass is 10.1. The van der Waals surface area contributed by atoms with E-state index in [0.29, 0.717) is 5.58 Å². The molecule has 1 fully saturated rings. The molecule has 1 N–H and O–H groups in total. The average molecular weight is 394 g/mol. The molecule has 1 saturated heterocycles. The average Bonchev–Trinajstić information content (AvgIpc) is 2.67. The van der Waals surface area contributed by atoms with E-state index in [-0.39, 0.29) is 30.5 Å². The SMILES string of the molecule is CCN(CC)CC(=O)Nc1c(N2CCCCC2)c2ccccc2oc1=O.Cl. The molecule has 0 bridgehead atoms. The van der Waals surface area contributed by atoms with Crippen LogP contribution in [0.1, 0.15) is 33.1 Å². The van der Waals surface area contributed by atoms with E-state index in [4.69, 9.17) is 4.42 Å². The zero-order valence-electron chi connectivity index (χ0n) is 16.0. The van der Waals surface area contributed by atoms with Crippen LogP contribution in [-0.2, 0) is 4.79 Å². The molecular formula is C20H28ClN3O3. The van der Waals surface area contributed by atoms with Crippen molar-refractivity contribution in [1.29, 1.82) is 0 Å². The van der Waals surface area contributed by atoms with Gasteiger partial charge in [-0.25, -0.2) is 4.79 Å². The lowest BCUT2D eigenvalue weighted by molar-refractivity contribution is -0.117. The first-order valence-electron chi connectivity index (χ1n) is 9.47. The number of fused-ring (bicyclic) bond motifs is 1. The third-order valence-corrected chi connectivity index (χ3v) is 4.98. The Balaban J connectivity index is 0.00000261. The Morgan fingerprint density at radius 1 is 1.15 bits per heavy atom. The summed E-state index contributed by atoms with van der Waals surface area (Å²) in [4.78, 5) is 29.4. The van der Waals surface area contributed by atoms with Gasteiger partial charge in [0.25, 0.3) is 0 Å². The van der Waals surface area contributed by atoms with Crippen LogP contribution in [0.2, 0.25) is 0 Å². The van der Waals surface area contributed by atoms with Crippen molar-refractivity contribution in [3.63, 3.8) is 0 Å². The van der Waals surface area contributed by atoms with Crippen molar-refractivity contribution >= 4 is 40.7 Å². The van der Waals surface area contributed by atoms with Crippen LogP contribution in [0.25, 0.3) is 11.0 Å². The molecular weight excluding hydrogens is 366 g/mol. The number of halogens is 1. The number of benzene rings is 1. The zero-order valence-corrected chi connectivity index (χ0v) is 16.8. The summed E-state index contributed by atoms with van der Waals surface area (Å²) in [5, 5.41) is 3.71. The van der Waals surface area contributed by atoms with E-state index >= 15 is 0 Å². The Bertz CT molecular complexity index is 827. The predicted molar refractivity (Wildman–Crippen MR) is 112 cm³/mol. The maximum atomic E-state index is 12.6. The number of amides is 1. The molecule has 0 saturated carbocycles. The molecule has 27 heavy (non-hydrogen) atoms. The van der Waals surface area contributed by atoms with Gasteiger partial charge in [-0.2, -0.15) is 0 Å². The third-order valence-electron chi connectivity index (χ3n) is 4.98. The minimum Gasteiger partial charge on any atom is -0.421 e. The molecule has 1 aromatic heterocycles. The number of nitrogens with zero attached hydrogens (tertiary/aromatic N) is 2. The predicted octanol–water partition coefficient (Wildman–Crippen LogP) is 3.49. The normalized spacial score (nSPS) is 14.3. The van der Waals surface area contributed by atoms with Crippen LogP contribution in [0.3, 0.4) is 0 Å². The fourth-order valence-electron chi connectivity index (χ4n) is 3.52. The molecule has 2 heterocycles. The van der Waals surface area contributed by atoms with Crippen molar-refractivity contribution in [2.75, 3.05) is 42.9 Å². The van der Waals surface area contributed by atoms with Gasteiger partial charge in [-0.15, -0.1) is 12.4 Å². The van der Waals surface area contributed by atoms with Crippen LogP contribution in [0.5, 0.6) is 0 Å². The number of para-hydroxylation sites is 1. The van der Waals surface area contributed by atoms with Crippen LogP contribution in [0.15, 0.2) is 33.5 Å². The maximum absolute atomic E-state index is 12.6. The van der Waals surface area contributed by atoms with E-state index in [1.165, 1.54) is 6.42 Å². The summed E-state index contributed by atoms with van der Waals surface area (Å²) in [6.07, 6.45) is 3.36. The van der Waals surface area contributed by atoms with Crippen molar-refractivity contribution in [2.24, 2.45) is 0 Å². The summed E-state index contributed by atoms with van der Waals surface area (Å²) in [7, 11) is 0. The number of rotatable bonds is 6. The molecule has 7 heteroatoms. The van der Waals surface area contributed by atoms with Gasteiger partial charge in [0.2, 0.25) is 5.91 Å². The Hall–Kier alpha value is -2.05. The highest BCUT2D eigenvalue weighted by atomic mass is 35.5. The van der Waals surface area contributed by atoms with Crippen LogP contribution in [-0.4, -0.2) is 43.5 Å². The van der Waals surface area contributed by atoms with Crippen molar-refractivity contribution in [3.8, 4) is 0 Å². The number of piperidine rings is 1. The van der Waals surface area contributed by atoms with Crippen molar-refractivity contribution in [1.82, 2.24) is 4.90 Å². The Labute approximate surface area is 165 Å². The van der Waals surface area contributed by atoms with Gasteiger partial charge in [-0.05, 0) is 44.5 Å². The molecule has 0 radical (unpaired) electrons. The molecule has 1 aliphatic rings. The van der Waals surface area contributed by atoms with Crippen LogP contribution >= 0.6 is 12.4 Å². The first-order valence-corrected chi connectivity index (χ1v) is 9.47. The number of hydrogen-bond donors (Lipinski definition) is 1. The highest BCUT2D eigenvalue weighted by Gasteiger charge is 2.23. The number of hydrogen-bond acceptors (Lipinski definition) is 5. The summed E-state index contributed by atoms with van der Waals surface area (Å²) in [5.74, 6) is -0.186. The topological polar surface area (TPSA) is 65.8 Å². The standard InChI is InChI=1S/C20H27N3O3.ClH/c1-3-22(4-2)14-17(24)21-18-19(23-12-8-5-9-13-23)15-10-6-7-11-16(15)26-20(18)25;/h6-7,10-11H,3-5,8-9,12-14H2,1-2H3,(H,21,24);1H. The minimum atomic E-state index is -0.489. The van der Waals surface area contributed by atoms with Gasteiger partial charge in [0.05, 0.1) is 12.2 Å². The summed E-state index contributed by atoms with van der Waals surface area (Å²) >= 11 is 0. The van der Waals surface area contributed by atoms with Crippen LogP contribution in [0, 0.1) is 0 Å². The van der Waals surface area contributed by atoms with Crippen molar-refractivity contribution < 1.29 is 9.21 Å². The van der Waals surface area contributed by atoms with E-state index in [2.05, 4.69) is 10.2 Å². The van der Waals surface area contributed by atoms with E-state index < -0.39 is 5.63 Å². The van der Waals surface area contributed by atoms with Gasteiger partial charge in [-0.3, -0.25) is 9.69 Å². The third kappa shape index (κ3) is 4.82. The van der Waals surface area contributed by atoms with Gasteiger partial charge < -0.3 is 14.6 Å². The van der Waals surface area contributed by atoms with Crippen LogP contribution < -0.4 is 15.8 Å². The summed E-state index contributed by atoms with van der Waals surface area (Å²) in [5.41, 5.74) is 1.13. The fraction of sp³-hybridized carbons (Fsp3) is 0.500. The summed E-state index contributed by atoms with van der Waals surface area (Å²) < 4.78 is 5.47. The number of anilines is 2. The molecule has 2 aromatic rings. The molecule has 1 aliphatic heterocycles. The fourth-order valence-corrected chi connectivity index (χ4v) is 3.52. The van der Waals surface area contributed by atoms with Gasteiger partial charge in [0, 0.05) is 18.5 Å². The van der Waals surface area contributed by atoms with Crippen LogP contribution in [0.4, 0.5) is 11.4 Å². The zero-order chi connectivity index (χ0) is 18.5. The molecule has 6 nitrogen and oxygen atoms in total. The smallest absolute Gasteiger partial charge is 0.362 e. The largest absolute Gasteiger partial charge is 0.421 e. The molecule has 1 aromatic carbocycles. The quantitative estimate of drug-likeness (QED) is 0.761. The lowest BCUT2D eigenvalue weighted by Gasteiger charge is -2.31. The molecule has 3 rings (SSSR count). The first kappa shape index (κ1) is 21.3. The Morgan fingerprint density at radius 2 is 1.81 bits per heavy atom. The monoisotopic (exact) mass is 393 g/mol. The lowest BCUT2D eigenvalue weighted by Crippen LogP contribution is -2.36. The van der Waals surface area contributed by atoms with E-state index in [0.717, 1.165) is 50.1 Å². The molecule has 0 unspecified atom stereocenters. The Kier molecular flexibility index (Phi) is 7.68. The second-order valence-electron chi connectivity index (χ2n) is 6.67. The maximum Gasteiger partial charge on any atom is 0.362 e. The number of likely N-dealkylation sites (N-methyl/N-ethyl adjacent to an activating group) is 1. The van der Waals surface area contributed by atoms with Crippen molar-refractivity contribution in [2.45, 2.75) is 33.1 Å². The second kappa shape index (κ2) is 9.76. The second-order valence-corrected chi connectivity index (χ2v) is 6.67. The molecule has 0 spiro atoms. The number of nitrogens with one attached hydrogen (secondary N) is 1. The van der Waals surface area contributed by atoms with Gasteiger partial charge in [-0.1, -0.05) is 26.0 Å². The van der Waals surface area contributed by atoms with Gasteiger partial charge in [0.1, 0.15) is 5.58 Å². The van der Waals surface area contributed by atoms with Gasteiger partial charge >= 0.3 is 5.63 Å². The Morgan fingerprint density at radius 3 is 2.48 bits per heavy atom. The van der Waals surface area contributed by atoms with E-state index in [1.54, 1.807) is 6.07 Å². The van der Waals surface area contributed by atoms with E-state index in [9.17, 15) is 9.59 Å². The van der Waals surface area contributed by atoms with Gasteiger partial charge in [0.15, 0.2) is 5.69 Å². The molecule has 1 amide bonds. The first-order chi connectivity index (χ1) is 12.6. The molecule has 0 aliphatic carbocycles. The molecule has 0 atom stereocenters. The highest BCUT2D eigenvalue weighted by molar-refractivity contribution is 6.03. The number of carbonyl (C=O) groups is 1. The number of carbonyl (C=O) groups excluding carboxylic acids is 1.